The largest absolute Gasteiger partial charge is 0.366 e. The number of pyridine rings is 1. The first-order chi connectivity index (χ1) is 14.0. The van der Waals surface area contributed by atoms with Crippen molar-refractivity contribution in [1.82, 2.24) is 20.3 Å². The summed E-state index contributed by atoms with van der Waals surface area (Å²) in [5.41, 5.74) is 4.48. The van der Waals surface area contributed by atoms with Crippen LogP contribution in [0.1, 0.15) is 47.4 Å². The molecule has 2 N–H and O–H groups in total. The average molecular weight is 390 g/mol. The van der Waals surface area contributed by atoms with Crippen LogP contribution in [-0.2, 0) is 6.54 Å². The van der Waals surface area contributed by atoms with Crippen molar-refractivity contribution >= 4 is 11.7 Å². The molecule has 2 heterocycles. The molecule has 0 fully saturated rings. The predicted molar refractivity (Wildman–Crippen MR) is 116 cm³/mol. The molecule has 1 unspecified atom stereocenters. The number of aryl methyl sites for hydroxylation is 1. The molecule has 0 aliphatic rings. The summed E-state index contributed by atoms with van der Waals surface area (Å²) in [6.45, 7) is 8.59. The van der Waals surface area contributed by atoms with Gasteiger partial charge in [-0.25, -0.2) is 9.97 Å². The van der Waals surface area contributed by atoms with E-state index in [9.17, 15) is 4.79 Å². The molecular weight excluding hydrogens is 362 g/mol. The highest BCUT2D eigenvalue weighted by Gasteiger charge is 2.11. The van der Waals surface area contributed by atoms with E-state index in [2.05, 4.69) is 32.5 Å². The van der Waals surface area contributed by atoms with Crippen molar-refractivity contribution in [3.63, 3.8) is 0 Å². The first-order valence-corrected chi connectivity index (χ1v) is 9.87. The second-order valence-electron chi connectivity index (χ2n) is 7.18. The molecule has 150 valence electrons. The fraction of sp³-hybridized carbons (Fsp3) is 0.304. The molecular formula is C23H27N5O. The van der Waals surface area contributed by atoms with Crippen LogP contribution >= 0.6 is 0 Å². The lowest BCUT2D eigenvalue weighted by Crippen LogP contribution is -2.31. The standard InChI is InChI=1S/C23H27N5O/c1-5-15(2)26-23(29)19-9-6-8-18(12-19)13-25-21-16(3)17(4)27-22(28-21)20-10-7-11-24-14-20/h6-12,14-15H,5,13H2,1-4H3,(H,26,29)(H,25,27,28). The Balaban J connectivity index is 1.77. The number of benzene rings is 1. The van der Waals surface area contributed by atoms with Crippen LogP contribution in [0.15, 0.2) is 48.8 Å². The predicted octanol–water partition coefficient (Wildman–Crippen LogP) is 4.30. The van der Waals surface area contributed by atoms with Crippen molar-refractivity contribution in [3.05, 3.63) is 71.2 Å². The molecule has 0 radical (unpaired) electrons. The average Bonchev–Trinajstić information content (AvgIpc) is 2.75. The van der Waals surface area contributed by atoms with Crippen molar-refractivity contribution in [2.75, 3.05) is 5.32 Å². The lowest BCUT2D eigenvalue weighted by Gasteiger charge is -2.14. The smallest absolute Gasteiger partial charge is 0.251 e. The van der Waals surface area contributed by atoms with Crippen LogP contribution in [0.3, 0.4) is 0 Å². The molecule has 6 heteroatoms. The summed E-state index contributed by atoms with van der Waals surface area (Å²) < 4.78 is 0. The number of nitrogens with one attached hydrogen (secondary N) is 2. The Bertz CT molecular complexity index is 988. The van der Waals surface area contributed by atoms with Crippen molar-refractivity contribution in [1.29, 1.82) is 0 Å². The van der Waals surface area contributed by atoms with Gasteiger partial charge in [-0.2, -0.15) is 0 Å². The molecule has 6 nitrogen and oxygen atoms in total. The van der Waals surface area contributed by atoms with Gasteiger partial charge in [0.05, 0.1) is 0 Å². The first-order valence-electron chi connectivity index (χ1n) is 9.87. The summed E-state index contributed by atoms with van der Waals surface area (Å²) in [5, 5.41) is 6.40. The summed E-state index contributed by atoms with van der Waals surface area (Å²) in [5.74, 6) is 1.38. The van der Waals surface area contributed by atoms with Gasteiger partial charge in [0.25, 0.3) is 5.91 Å². The second-order valence-corrected chi connectivity index (χ2v) is 7.18. The number of rotatable bonds is 7. The summed E-state index contributed by atoms with van der Waals surface area (Å²) in [4.78, 5) is 25.8. The van der Waals surface area contributed by atoms with Crippen LogP contribution in [0.5, 0.6) is 0 Å². The van der Waals surface area contributed by atoms with Crippen molar-refractivity contribution in [2.45, 2.75) is 46.7 Å². The van der Waals surface area contributed by atoms with Gasteiger partial charge in [0.2, 0.25) is 0 Å². The van der Waals surface area contributed by atoms with Gasteiger partial charge in [0.15, 0.2) is 5.82 Å². The highest BCUT2D eigenvalue weighted by atomic mass is 16.1. The highest BCUT2D eigenvalue weighted by Crippen LogP contribution is 2.21. The molecule has 29 heavy (non-hydrogen) atoms. The fourth-order valence-electron chi connectivity index (χ4n) is 2.84. The molecule has 2 aromatic heterocycles. The third-order valence-corrected chi connectivity index (χ3v) is 4.95. The van der Waals surface area contributed by atoms with Gasteiger partial charge in [-0.05, 0) is 57.0 Å². The lowest BCUT2D eigenvalue weighted by molar-refractivity contribution is 0.0939. The van der Waals surface area contributed by atoms with Gasteiger partial charge in [0.1, 0.15) is 5.82 Å². The number of carbonyl (C=O) groups is 1. The molecule has 0 saturated heterocycles. The fourth-order valence-corrected chi connectivity index (χ4v) is 2.84. The minimum atomic E-state index is -0.0471. The Hall–Kier alpha value is -3.28. The van der Waals surface area contributed by atoms with Crippen LogP contribution in [0, 0.1) is 13.8 Å². The number of anilines is 1. The Morgan fingerprint density at radius 2 is 1.97 bits per heavy atom. The van der Waals surface area contributed by atoms with E-state index in [1.165, 1.54) is 0 Å². The minimum Gasteiger partial charge on any atom is -0.366 e. The molecule has 1 atom stereocenters. The highest BCUT2D eigenvalue weighted by molar-refractivity contribution is 5.94. The number of nitrogens with zero attached hydrogens (tertiary/aromatic N) is 3. The molecule has 3 rings (SSSR count). The Labute approximate surface area is 171 Å². The number of aromatic nitrogens is 3. The molecule has 3 aromatic rings. The summed E-state index contributed by atoms with van der Waals surface area (Å²) in [6, 6.07) is 11.6. The molecule has 0 aliphatic heterocycles. The maximum absolute atomic E-state index is 12.4. The Morgan fingerprint density at radius 1 is 1.14 bits per heavy atom. The third-order valence-electron chi connectivity index (χ3n) is 4.95. The molecule has 0 bridgehead atoms. The number of hydrogen-bond acceptors (Lipinski definition) is 5. The van der Waals surface area contributed by atoms with Gasteiger partial charge < -0.3 is 10.6 Å². The van der Waals surface area contributed by atoms with Gasteiger partial charge in [-0.1, -0.05) is 19.1 Å². The maximum Gasteiger partial charge on any atom is 0.251 e. The van der Waals surface area contributed by atoms with E-state index in [4.69, 9.17) is 0 Å². The SMILES string of the molecule is CCC(C)NC(=O)c1cccc(CNc2nc(-c3cccnc3)nc(C)c2C)c1. The maximum atomic E-state index is 12.4. The Kier molecular flexibility index (Phi) is 6.54. The molecule has 0 aliphatic carbocycles. The van der Waals surface area contributed by atoms with Crippen LogP contribution in [0.25, 0.3) is 11.4 Å². The molecule has 0 spiro atoms. The zero-order valence-corrected chi connectivity index (χ0v) is 17.4. The summed E-state index contributed by atoms with van der Waals surface area (Å²) in [7, 11) is 0. The Morgan fingerprint density at radius 3 is 2.69 bits per heavy atom. The van der Waals surface area contributed by atoms with Gasteiger partial charge in [-0.15, -0.1) is 0 Å². The van der Waals surface area contributed by atoms with E-state index in [1.54, 1.807) is 12.4 Å². The number of hydrogen-bond donors (Lipinski definition) is 2. The first kappa shape index (κ1) is 20.5. The third kappa shape index (κ3) is 5.16. The quantitative estimate of drug-likeness (QED) is 0.630. The van der Waals surface area contributed by atoms with Crippen molar-refractivity contribution in [2.24, 2.45) is 0 Å². The van der Waals surface area contributed by atoms with Crippen LogP contribution in [0.4, 0.5) is 5.82 Å². The topological polar surface area (TPSA) is 79.8 Å². The zero-order chi connectivity index (χ0) is 20.8. The minimum absolute atomic E-state index is 0.0471. The summed E-state index contributed by atoms with van der Waals surface area (Å²) in [6.07, 6.45) is 4.39. The molecule has 1 amide bonds. The van der Waals surface area contributed by atoms with Gasteiger partial charge in [0, 0.05) is 47.4 Å². The number of amides is 1. The van der Waals surface area contributed by atoms with Gasteiger partial charge >= 0.3 is 0 Å². The van der Waals surface area contributed by atoms with Crippen LogP contribution < -0.4 is 10.6 Å². The normalized spacial score (nSPS) is 11.7. The van der Waals surface area contributed by atoms with Gasteiger partial charge in [-0.3, -0.25) is 9.78 Å². The zero-order valence-electron chi connectivity index (χ0n) is 17.4. The van der Waals surface area contributed by atoms with Crippen LogP contribution in [0.2, 0.25) is 0 Å². The van der Waals surface area contributed by atoms with E-state index >= 15 is 0 Å². The van der Waals surface area contributed by atoms with E-state index in [1.807, 2.05) is 57.2 Å². The number of carbonyl (C=O) groups excluding carboxylic acids is 1. The lowest BCUT2D eigenvalue weighted by atomic mass is 10.1. The van der Waals surface area contributed by atoms with Crippen molar-refractivity contribution < 1.29 is 4.79 Å². The van der Waals surface area contributed by atoms with E-state index < -0.39 is 0 Å². The summed E-state index contributed by atoms with van der Waals surface area (Å²) >= 11 is 0. The molecule has 0 saturated carbocycles. The van der Waals surface area contributed by atoms with Crippen molar-refractivity contribution in [3.8, 4) is 11.4 Å². The van der Waals surface area contributed by atoms with E-state index in [0.29, 0.717) is 17.9 Å². The van der Waals surface area contributed by atoms with E-state index in [-0.39, 0.29) is 11.9 Å². The second kappa shape index (κ2) is 9.28. The van der Waals surface area contributed by atoms with Crippen LogP contribution in [-0.4, -0.2) is 26.9 Å². The monoisotopic (exact) mass is 389 g/mol. The van der Waals surface area contributed by atoms with E-state index in [0.717, 1.165) is 34.6 Å². The molecule has 1 aromatic carbocycles.